The minimum Gasteiger partial charge on any atom is -0.419 e. The molecule has 1 nitrogen and oxygen atoms in total. The highest BCUT2D eigenvalue weighted by molar-refractivity contribution is 6.27. The SMILES string of the molecule is CCCCCCCCCC[SiH2]OC(C)(C)C. The highest BCUT2D eigenvalue weighted by Crippen LogP contribution is 2.11. The van der Waals surface area contributed by atoms with E-state index in [9.17, 15) is 0 Å². The van der Waals surface area contributed by atoms with Crippen molar-refractivity contribution >= 4 is 9.76 Å². The van der Waals surface area contributed by atoms with Gasteiger partial charge in [0, 0.05) is 5.60 Å². The van der Waals surface area contributed by atoms with Crippen molar-refractivity contribution in [1.82, 2.24) is 0 Å². The third-order valence-electron chi connectivity index (χ3n) is 2.78. The molecule has 0 fully saturated rings. The van der Waals surface area contributed by atoms with Gasteiger partial charge < -0.3 is 4.43 Å². The summed E-state index contributed by atoms with van der Waals surface area (Å²) in [6.45, 7) is 8.76. The molecule has 0 radical (unpaired) electrons. The molecule has 0 spiro atoms. The van der Waals surface area contributed by atoms with E-state index >= 15 is 0 Å². The third kappa shape index (κ3) is 14.2. The number of hydrogen-bond acceptors (Lipinski definition) is 1. The molecule has 0 heterocycles. The van der Waals surface area contributed by atoms with Gasteiger partial charge in [-0.05, 0) is 26.8 Å². The molecule has 0 amide bonds. The molecule has 0 aromatic rings. The Balaban J connectivity index is 2.99. The van der Waals surface area contributed by atoms with Crippen LogP contribution in [0.1, 0.15) is 79.1 Å². The molecule has 0 N–H and O–H groups in total. The smallest absolute Gasteiger partial charge is 0.162 e. The Kier molecular flexibility index (Phi) is 10.5. The van der Waals surface area contributed by atoms with E-state index in [0.29, 0.717) is 0 Å². The molecule has 0 aromatic heterocycles. The molecule has 0 bridgehead atoms. The van der Waals surface area contributed by atoms with Crippen LogP contribution in [-0.4, -0.2) is 15.4 Å². The summed E-state index contributed by atoms with van der Waals surface area (Å²) in [6, 6.07) is 1.37. The van der Waals surface area contributed by atoms with Crippen molar-refractivity contribution in [3.8, 4) is 0 Å². The molecule has 0 aliphatic carbocycles. The summed E-state index contributed by atoms with van der Waals surface area (Å²) < 4.78 is 5.83. The molecular formula is C14H32OSi. The first kappa shape index (κ1) is 16.2. The quantitative estimate of drug-likeness (QED) is 0.408. The van der Waals surface area contributed by atoms with Crippen molar-refractivity contribution in [2.75, 3.05) is 0 Å². The fraction of sp³-hybridized carbons (Fsp3) is 1.00. The van der Waals surface area contributed by atoms with E-state index in [1.165, 1.54) is 57.4 Å². The maximum atomic E-state index is 5.83. The van der Waals surface area contributed by atoms with Gasteiger partial charge in [-0.3, -0.25) is 0 Å². The second kappa shape index (κ2) is 10.3. The Morgan fingerprint density at radius 3 is 1.81 bits per heavy atom. The predicted octanol–water partition coefficient (Wildman–Crippen LogP) is 4.44. The van der Waals surface area contributed by atoms with Crippen molar-refractivity contribution in [2.24, 2.45) is 0 Å². The summed E-state index contributed by atoms with van der Waals surface area (Å²) in [7, 11) is -0.240. The Morgan fingerprint density at radius 2 is 1.31 bits per heavy atom. The van der Waals surface area contributed by atoms with Crippen LogP contribution in [0.15, 0.2) is 0 Å². The molecule has 0 atom stereocenters. The summed E-state index contributed by atoms with van der Waals surface area (Å²) in [5.41, 5.74) is 0.104. The van der Waals surface area contributed by atoms with Crippen LogP contribution in [0.4, 0.5) is 0 Å². The van der Waals surface area contributed by atoms with Gasteiger partial charge >= 0.3 is 0 Å². The van der Waals surface area contributed by atoms with Crippen LogP contribution >= 0.6 is 0 Å². The minimum absolute atomic E-state index is 0.104. The lowest BCUT2D eigenvalue weighted by Crippen LogP contribution is -2.21. The minimum atomic E-state index is -0.240. The molecule has 0 saturated heterocycles. The lowest BCUT2D eigenvalue weighted by molar-refractivity contribution is 0.138. The van der Waals surface area contributed by atoms with E-state index in [-0.39, 0.29) is 15.4 Å². The second-order valence-electron chi connectivity index (χ2n) is 5.79. The van der Waals surface area contributed by atoms with Gasteiger partial charge in [-0.1, -0.05) is 58.3 Å². The van der Waals surface area contributed by atoms with Gasteiger partial charge in [-0.25, -0.2) is 0 Å². The zero-order valence-electron chi connectivity index (χ0n) is 12.0. The maximum Gasteiger partial charge on any atom is 0.162 e. The fourth-order valence-corrected chi connectivity index (χ4v) is 3.11. The third-order valence-corrected chi connectivity index (χ3v) is 4.64. The van der Waals surface area contributed by atoms with Gasteiger partial charge in [-0.2, -0.15) is 0 Å². The van der Waals surface area contributed by atoms with Crippen molar-refractivity contribution in [1.29, 1.82) is 0 Å². The van der Waals surface area contributed by atoms with E-state index in [4.69, 9.17) is 4.43 Å². The van der Waals surface area contributed by atoms with Crippen LogP contribution < -0.4 is 0 Å². The molecular weight excluding hydrogens is 212 g/mol. The van der Waals surface area contributed by atoms with E-state index in [1.807, 2.05) is 0 Å². The molecule has 98 valence electrons. The second-order valence-corrected chi connectivity index (χ2v) is 7.19. The van der Waals surface area contributed by atoms with Crippen LogP contribution in [0.25, 0.3) is 0 Å². The predicted molar refractivity (Wildman–Crippen MR) is 76.8 cm³/mol. The van der Waals surface area contributed by atoms with Gasteiger partial charge in [0.25, 0.3) is 0 Å². The lowest BCUT2D eigenvalue weighted by atomic mass is 10.1. The maximum absolute atomic E-state index is 5.83. The van der Waals surface area contributed by atoms with Crippen LogP contribution in [0.2, 0.25) is 6.04 Å². The van der Waals surface area contributed by atoms with E-state index < -0.39 is 0 Å². The van der Waals surface area contributed by atoms with Crippen molar-refractivity contribution in [3.63, 3.8) is 0 Å². The van der Waals surface area contributed by atoms with Gasteiger partial charge in [0.15, 0.2) is 9.76 Å². The van der Waals surface area contributed by atoms with Crippen LogP contribution in [-0.2, 0) is 4.43 Å². The summed E-state index contributed by atoms with van der Waals surface area (Å²) in [5, 5.41) is 0. The van der Waals surface area contributed by atoms with E-state index in [0.717, 1.165) is 0 Å². The summed E-state index contributed by atoms with van der Waals surface area (Å²) in [5.74, 6) is 0. The Morgan fingerprint density at radius 1 is 0.812 bits per heavy atom. The fourth-order valence-electron chi connectivity index (χ4n) is 1.79. The van der Waals surface area contributed by atoms with Crippen molar-refractivity contribution in [2.45, 2.75) is 90.7 Å². The Hall–Kier alpha value is 0.177. The van der Waals surface area contributed by atoms with Gasteiger partial charge in [-0.15, -0.1) is 0 Å². The average Bonchev–Trinajstić information content (AvgIpc) is 2.19. The molecule has 0 aliphatic rings. The first-order valence-electron chi connectivity index (χ1n) is 7.20. The van der Waals surface area contributed by atoms with E-state index in [2.05, 4.69) is 27.7 Å². The van der Waals surface area contributed by atoms with Crippen LogP contribution in [0, 0.1) is 0 Å². The van der Waals surface area contributed by atoms with Crippen LogP contribution in [0.3, 0.4) is 0 Å². The van der Waals surface area contributed by atoms with Crippen molar-refractivity contribution in [3.05, 3.63) is 0 Å². The molecule has 16 heavy (non-hydrogen) atoms. The first-order chi connectivity index (χ1) is 7.56. The monoisotopic (exact) mass is 244 g/mol. The number of hydrogen-bond donors (Lipinski definition) is 0. The first-order valence-corrected chi connectivity index (χ1v) is 8.78. The zero-order valence-corrected chi connectivity index (χ0v) is 13.4. The summed E-state index contributed by atoms with van der Waals surface area (Å²) in [6.07, 6.45) is 11.4. The van der Waals surface area contributed by atoms with Gasteiger partial charge in [0.1, 0.15) is 0 Å². The highest BCUT2D eigenvalue weighted by atomic mass is 28.2. The van der Waals surface area contributed by atoms with Gasteiger partial charge in [0.05, 0.1) is 0 Å². The molecule has 0 aliphatic heterocycles. The standard InChI is InChI=1S/C14H32OSi/c1-5-6-7-8-9-10-11-12-13-16-15-14(2,3)4/h5-13,16H2,1-4H3. The molecule has 0 rings (SSSR count). The normalized spacial score (nSPS) is 12.8. The summed E-state index contributed by atoms with van der Waals surface area (Å²) >= 11 is 0. The summed E-state index contributed by atoms with van der Waals surface area (Å²) in [4.78, 5) is 0. The topological polar surface area (TPSA) is 9.23 Å². The van der Waals surface area contributed by atoms with E-state index in [1.54, 1.807) is 0 Å². The number of unbranched alkanes of at least 4 members (excludes halogenated alkanes) is 7. The molecule has 0 unspecified atom stereocenters. The number of rotatable bonds is 10. The average molecular weight is 244 g/mol. The van der Waals surface area contributed by atoms with Crippen LogP contribution in [0.5, 0.6) is 0 Å². The highest BCUT2D eigenvalue weighted by Gasteiger charge is 2.08. The van der Waals surface area contributed by atoms with Crippen molar-refractivity contribution < 1.29 is 4.43 Å². The molecule has 0 saturated carbocycles. The Labute approximate surface area is 105 Å². The molecule has 2 heteroatoms. The van der Waals surface area contributed by atoms with Gasteiger partial charge in [0.2, 0.25) is 0 Å². The largest absolute Gasteiger partial charge is 0.419 e. The zero-order chi connectivity index (χ0) is 12.3. The molecule has 0 aromatic carbocycles. The Bertz CT molecular complexity index is 140. The lowest BCUT2D eigenvalue weighted by Gasteiger charge is -2.19.